The summed E-state index contributed by atoms with van der Waals surface area (Å²) in [6, 6.07) is 0. The number of hydrogen-bond acceptors (Lipinski definition) is 6. The standard InChI is InChI=1S/C59H112O6/c1-4-7-10-13-16-19-22-25-27-28-29-30-32-35-37-40-43-46-49-52-58(61)64-55-56(65-59(62)53-50-47-44-41-38-33-24-21-18-15-12-9-6-3)54-63-57(60)51-48-45-42-39-36-34-31-26-23-20-17-14-11-8-5-2/h20,23,56H,4-19,21-22,24-55H2,1-3H3/b23-20-/t56-/m1/s1. The Bertz CT molecular complexity index is 1010. The minimum absolute atomic E-state index is 0.0651. The molecule has 0 saturated carbocycles. The first-order chi connectivity index (χ1) is 32.0. The summed E-state index contributed by atoms with van der Waals surface area (Å²) in [5.41, 5.74) is 0. The van der Waals surface area contributed by atoms with Gasteiger partial charge < -0.3 is 14.2 Å². The lowest BCUT2D eigenvalue weighted by atomic mass is 10.0. The molecule has 0 fully saturated rings. The Morgan fingerprint density at radius 3 is 0.785 bits per heavy atom. The number of carbonyl (C=O) groups excluding carboxylic acids is 3. The molecule has 0 aliphatic heterocycles. The topological polar surface area (TPSA) is 78.9 Å². The first kappa shape index (κ1) is 63.1. The molecule has 384 valence electrons. The third-order valence-electron chi connectivity index (χ3n) is 13.3. The van der Waals surface area contributed by atoms with Gasteiger partial charge in [0.1, 0.15) is 13.2 Å². The van der Waals surface area contributed by atoms with Crippen molar-refractivity contribution in [3.63, 3.8) is 0 Å². The minimum atomic E-state index is -0.765. The van der Waals surface area contributed by atoms with Crippen molar-refractivity contribution in [1.82, 2.24) is 0 Å². The summed E-state index contributed by atoms with van der Waals surface area (Å²) in [4.78, 5) is 38.1. The van der Waals surface area contributed by atoms with Crippen LogP contribution < -0.4 is 0 Å². The highest BCUT2D eigenvalue weighted by molar-refractivity contribution is 5.71. The number of allylic oxidation sites excluding steroid dienone is 2. The Morgan fingerprint density at radius 1 is 0.292 bits per heavy atom. The van der Waals surface area contributed by atoms with Crippen molar-refractivity contribution in [2.24, 2.45) is 0 Å². The van der Waals surface area contributed by atoms with Gasteiger partial charge >= 0.3 is 17.9 Å². The van der Waals surface area contributed by atoms with Gasteiger partial charge in [-0.1, -0.05) is 277 Å². The highest BCUT2D eigenvalue weighted by atomic mass is 16.6. The fourth-order valence-corrected chi connectivity index (χ4v) is 8.85. The van der Waals surface area contributed by atoms with E-state index in [2.05, 4.69) is 32.9 Å². The van der Waals surface area contributed by atoms with Crippen molar-refractivity contribution in [3.8, 4) is 0 Å². The Balaban J connectivity index is 4.27. The van der Waals surface area contributed by atoms with Gasteiger partial charge in [0.05, 0.1) is 0 Å². The van der Waals surface area contributed by atoms with E-state index in [1.54, 1.807) is 0 Å². The monoisotopic (exact) mass is 917 g/mol. The maximum absolute atomic E-state index is 12.8. The quantitative estimate of drug-likeness (QED) is 0.0262. The number of esters is 3. The highest BCUT2D eigenvalue weighted by Gasteiger charge is 2.19. The van der Waals surface area contributed by atoms with Gasteiger partial charge in [-0.15, -0.1) is 0 Å². The number of carbonyl (C=O) groups is 3. The van der Waals surface area contributed by atoms with Crippen LogP contribution in [0.4, 0.5) is 0 Å². The summed E-state index contributed by atoms with van der Waals surface area (Å²) < 4.78 is 16.9. The summed E-state index contributed by atoms with van der Waals surface area (Å²) in [7, 11) is 0. The highest BCUT2D eigenvalue weighted by Crippen LogP contribution is 2.17. The molecule has 6 heteroatoms. The van der Waals surface area contributed by atoms with E-state index in [0.717, 1.165) is 57.8 Å². The van der Waals surface area contributed by atoms with Crippen molar-refractivity contribution in [2.75, 3.05) is 13.2 Å². The van der Waals surface area contributed by atoms with Crippen LogP contribution in [0, 0.1) is 0 Å². The van der Waals surface area contributed by atoms with Crippen molar-refractivity contribution >= 4 is 17.9 Å². The van der Waals surface area contributed by atoms with E-state index >= 15 is 0 Å². The lowest BCUT2D eigenvalue weighted by Crippen LogP contribution is -2.30. The van der Waals surface area contributed by atoms with E-state index in [1.165, 1.54) is 231 Å². The van der Waals surface area contributed by atoms with E-state index in [4.69, 9.17) is 14.2 Å². The van der Waals surface area contributed by atoms with Crippen LogP contribution in [0.5, 0.6) is 0 Å². The molecule has 0 unspecified atom stereocenters. The van der Waals surface area contributed by atoms with Gasteiger partial charge in [-0.05, 0) is 44.9 Å². The second-order valence-corrected chi connectivity index (χ2v) is 19.9. The zero-order valence-electron chi connectivity index (χ0n) is 44.0. The molecule has 0 aromatic heterocycles. The number of unbranched alkanes of at least 4 members (excludes halogenated alkanes) is 41. The van der Waals surface area contributed by atoms with Gasteiger partial charge in [-0.2, -0.15) is 0 Å². The molecule has 6 nitrogen and oxygen atoms in total. The van der Waals surface area contributed by atoms with E-state index in [1.807, 2.05) is 0 Å². The van der Waals surface area contributed by atoms with Gasteiger partial charge in [-0.3, -0.25) is 14.4 Å². The van der Waals surface area contributed by atoms with Crippen LogP contribution in [0.25, 0.3) is 0 Å². The fourth-order valence-electron chi connectivity index (χ4n) is 8.85. The average Bonchev–Trinajstić information content (AvgIpc) is 3.30. The summed E-state index contributed by atoms with van der Waals surface area (Å²) in [6.45, 7) is 6.68. The van der Waals surface area contributed by atoms with Crippen LogP contribution >= 0.6 is 0 Å². The number of hydrogen-bond donors (Lipinski definition) is 0. The maximum Gasteiger partial charge on any atom is 0.306 e. The lowest BCUT2D eigenvalue weighted by Gasteiger charge is -2.18. The molecular formula is C59H112O6. The third-order valence-corrected chi connectivity index (χ3v) is 13.3. The molecule has 0 bridgehead atoms. The van der Waals surface area contributed by atoms with E-state index in [9.17, 15) is 14.4 Å². The summed E-state index contributed by atoms with van der Waals surface area (Å²) >= 11 is 0. The largest absolute Gasteiger partial charge is 0.462 e. The molecule has 0 amide bonds. The second-order valence-electron chi connectivity index (χ2n) is 19.9. The second kappa shape index (κ2) is 54.8. The van der Waals surface area contributed by atoms with Gasteiger partial charge in [0, 0.05) is 19.3 Å². The van der Waals surface area contributed by atoms with E-state index in [0.29, 0.717) is 19.3 Å². The molecule has 0 heterocycles. The molecular weight excluding hydrogens is 805 g/mol. The predicted octanol–water partition coefficient (Wildman–Crippen LogP) is 19.3. The van der Waals surface area contributed by atoms with Gasteiger partial charge in [0.15, 0.2) is 6.10 Å². The Labute approximate surface area is 405 Å². The lowest BCUT2D eigenvalue weighted by molar-refractivity contribution is -0.167. The van der Waals surface area contributed by atoms with Crippen LogP contribution in [0.2, 0.25) is 0 Å². The van der Waals surface area contributed by atoms with Crippen LogP contribution in [-0.4, -0.2) is 37.2 Å². The molecule has 0 aliphatic carbocycles. The van der Waals surface area contributed by atoms with Crippen LogP contribution in [0.3, 0.4) is 0 Å². The molecule has 0 rings (SSSR count). The molecule has 1 atom stereocenters. The van der Waals surface area contributed by atoms with Crippen LogP contribution in [-0.2, 0) is 28.6 Å². The smallest absolute Gasteiger partial charge is 0.306 e. The van der Waals surface area contributed by atoms with Crippen LogP contribution in [0.15, 0.2) is 12.2 Å². The Kier molecular flexibility index (Phi) is 53.2. The number of rotatable bonds is 54. The number of ether oxygens (including phenoxy) is 3. The van der Waals surface area contributed by atoms with E-state index in [-0.39, 0.29) is 31.1 Å². The molecule has 0 N–H and O–H groups in total. The minimum Gasteiger partial charge on any atom is -0.462 e. The van der Waals surface area contributed by atoms with Crippen molar-refractivity contribution in [2.45, 2.75) is 335 Å². The first-order valence-corrected chi connectivity index (χ1v) is 29.2. The first-order valence-electron chi connectivity index (χ1n) is 29.2. The molecule has 0 aromatic carbocycles. The normalized spacial score (nSPS) is 12.0. The SMILES string of the molecule is CCCCCC/C=C\CCCCCCCCCC(=O)OC[C@H](COC(=O)CCCCCCCCCCCCCCCCCCCCC)OC(=O)CCCCCCCCCCCCCCC. The molecule has 0 radical (unpaired) electrons. The van der Waals surface area contributed by atoms with Crippen molar-refractivity contribution in [1.29, 1.82) is 0 Å². The maximum atomic E-state index is 12.8. The van der Waals surface area contributed by atoms with Gasteiger partial charge in [-0.25, -0.2) is 0 Å². The molecule has 0 aliphatic rings. The van der Waals surface area contributed by atoms with Gasteiger partial charge in [0.2, 0.25) is 0 Å². The zero-order valence-corrected chi connectivity index (χ0v) is 44.0. The summed E-state index contributed by atoms with van der Waals surface area (Å²) in [6.07, 6.45) is 62.0. The Hall–Kier alpha value is -1.85. The third kappa shape index (κ3) is 53.0. The van der Waals surface area contributed by atoms with Crippen LogP contribution in [0.1, 0.15) is 329 Å². The average molecular weight is 918 g/mol. The summed E-state index contributed by atoms with van der Waals surface area (Å²) in [5, 5.41) is 0. The molecule has 0 aromatic rings. The molecule has 0 saturated heterocycles. The fraction of sp³-hybridized carbons (Fsp3) is 0.915. The molecule has 65 heavy (non-hydrogen) atoms. The zero-order chi connectivity index (χ0) is 47.2. The van der Waals surface area contributed by atoms with Crippen molar-refractivity contribution < 1.29 is 28.6 Å². The predicted molar refractivity (Wildman–Crippen MR) is 280 cm³/mol. The summed E-state index contributed by atoms with van der Waals surface area (Å²) in [5.74, 6) is -0.845. The van der Waals surface area contributed by atoms with Crippen molar-refractivity contribution in [3.05, 3.63) is 12.2 Å². The molecule has 0 spiro atoms. The Morgan fingerprint density at radius 2 is 0.508 bits per heavy atom. The van der Waals surface area contributed by atoms with E-state index < -0.39 is 6.10 Å². The van der Waals surface area contributed by atoms with Gasteiger partial charge in [0.25, 0.3) is 0 Å².